The quantitative estimate of drug-likeness (QED) is 0.814. The van der Waals surface area contributed by atoms with Gasteiger partial charge in [-0.3, -0.25) is 4.79 Å². The second kappa shape index (κ2) is 4.62. The summed E-state index contributed by atoms with van der Waals surface area (Å²) in [5.74, 6) is 0. The first-order valence-electron chi connectivity index (χ1n) is 5.18. The van der Waals surface area contributed by atoms with Crippen molar-refractivity contribution in [3.05, 3.63) is 69.6 Å². The Morgan fingerprint density at radius 2 is 1.81 bits per heavy atom. The van der Waals surface area contributed by atoms with E-state index >= 15 is 0 Å². The highest BCUT2D eigenvalue weighted by Crippen LogP contribution is 2.06. The molecule has 0 amide bonds. The van der Waals surface area contributed by atoms with Crippen LogP contribution in [0.1, 0.15) is 16.7 Å². The normalized spacial score (nSPS) is 10.8. The van der Waals surface area contributed by atoms with Crippen molar-refractivity contribution in [2.75, 3.05) is 0 Å². The lowest BCUT2D eigenvalue weighted by molar-refractivity contribution is 1.23. The Hall–Kier alpha value is -2.09. The Bertz CT molecular complexity index is 549. The lowest BCUT2D eigenvalue weighted by Crippen LogP contribution is -2.06. The second-order valence-corrected chi connectivity index (χ2v) is 3.70. The van der Waals surface area contributed by atoms with Gasteiger partial charge in [0, 0.05) is 11.8 Å². The largest absolute Gasteiger partial charge is 0.329 e. The molecule has 80 valence electrons. The summed E-state index contributed by atoms with van der Waals surface area (Å²) in [7, 11) is 0. The number of hydrogen-bond acceptors (Lipinski definition) is 1. The maximum Gasteiger partial charge on any atom is 0.255 e. The van der Waals surface area contributed by atoms with Gasteiger partial charge in [-0.25, -0.2) is 0 Å². The van der Waals surface area contributed by atoms with Crippen molar-refractivity contribution in [2.45, 2.75) is 6.92 Å². The summed E-state index contributed by atoms with van der Waals surface area (Å²) in [6, 6.07) is 11.8. The lowest BCUT2D eigenvalue weighted by atomic mass is 10.1. The minimum atomic E-state index is -0.0640. The van der Waals surface area contributed by atoms with Crippen LogP contribution in [0.15, 0.2) is 47.4 Å². The SMILES string of the molecule is Cc1ccc(/C=C/c2ccc[nH]c2=O)cc1. The smallest absolute Gasteiger partial charge is 0.255 e. The highest BCUT2D eigenvalue weighted by Gasteiger charge is 1.92. The molecule has 1 N–H and O–H groups in total. The van der Waals surface area contributed by atoms with E-state index in [0.717, 1.165) is 5.56 Å². The Balaban J connectivity index is 2.25. The fourth-order valence-electron chi connectivity index (χ4n) is 1.43. The molecule has 0 fully saturated rings. The molecular formula is C14H13NO. The van der Waals surface area contributed by atoms with Gasteiger partial charge in [0.2, 0.25) is 0 Å². The van der Waals surface area contributed by atoms with Gasteiger partial charge in [-0.15, -0.1) is 0 Å². The first kappa shape index (κ1) is 10.4. The molecule has 0 spiro atoms. The Kier molecular flexibility index (Phi) is 3.01. The van der Waals surface area contributed by atoms with Crippen molar-refractivity contribution in [3.8, 4) is 0 Å². The highest BCUT2D eigenvalue weighted by atomic mass is 16.1. The van der Waals surface area contributed by atoms with Crippen LogP contribution in [0.4, 0.5) is 0 Å². The maximum absolute atomic E-state index is 11.4. The zero-order valence-electron chi connectivity index (χ0n) is 9.10. The molecule has 0 saturated heterocycles. The molecule has 0 aliphatic rings. The molecule has 0 aliphatic carbocycles. The van der Waals surface area contributed by atoms with E-state index in [1.165, 1.54) is 5.56 Å². The summed E-state index contributed by atoms with van der Waals surface area (Å²) in [4.78, 5) is 14.0. The van der Waals surface area contributed by atoms with E-state index in [-0.39, 0.29) is 5.56 Å². The first-order chi connectivity index (χ1) is 7.75. The van der Waals surface area contributed by atoms with Crippen LogP contribution in [0.25, 0.3) is 12.2 Å². The first-order valence-corrected chi connectivity index (χ1v) is 5.18. The highest BCUT2D eigenvalue weighted by molar-refractivity contribution is 5.69. The topological polar surface area (TPSA) is 32.9 Å². The van der Waals surface area contributed by atoms with Gasteiger partial charge in [0.25, 0.3) is 5.56 Å². The van der Waals surface area contributed by atoms with Crippen molar-refractivity contribution < 1.29 is 0 Å². The molecule has 0 radical (unpaired) electrons. The maximum atomic E-state index is 11.4. The number of hydrogen-bond donors (Lipinski definition) is 1. The number of benzene rings is 1. The van der Waals surface area contributed by atoms with Gasteiger partial charge >= 0.3 is 0 Å². The summed E-state index contributed by atoms with van der Waals surface area (Å²) in [6.45, 7) is 2.05. The molecule has 0 aliphatic heterocycles. The van der Waals surface area contributed by atoms with Crippen LogP contribution in [0.2, 0.25) is 0 Å². The molecule has 1 aromatic carbocycles. The fourth-order valence-corrected chi connectivity index (χ4v) is 1.43. The number of H-pyrrole nitrogens is 1. The number of aryl methyl sites for hydroxylation is 1. The van der Waals surface area contributed by atoms with Crippen LogP contribution in [-0.4, -0.2) is 4.98 Å². The van der Waals surface area contributed by atoms with Gasteiger partial charge in [0.05, 0.1) is 0 Å². The summed E-state index contributed by atoms with van der Waals surface area (Å²) >= 11 is 0. The van der Waals surface area contributed by atoms with Crippen LogP contribution in [0, 0.1) is 6.92 Å². The van der Waals surface area contributed by atoms with Crippen LogP contribution >= 0.6 is 0 Å². The van der Waals surface area contributed by atoms with Gasteiger partial charge < -0.3 is 4.98 Å². The minimum Gasteiger partial charge on any atom is -0.329 e. The monoisotopic (exact) mass is 211 g/mol. The van der Waals surface area contributed by atoms with Gasteiger partial charge in [-0.1, -0.05) is 35.9 Å². The lowest BCUT2D eigenvalue weighted by Gasteiger charge is -1.95. The molecule has 2 aromatic rings. The van der Waals surface area contributed by atoms with Gasteiger partial charge in [0.1, 0.15) is 0 Å². The molecular weight excluding hydrogens is 198 g/mol. The van der Waals surface area contributed by atoms with E-state index in [1.807, 2.05) is 30.4 Å². The summed E-state index contributed by atoms with van der Waals surface area (Å²) in [5, 5.41) is 0. The molecule has 2 nitrogen and oxygen atoms in total. The van der Waals surface area contributed by atoms with Gasteiger partial charge in [0.15, 0.2) is 0 Å². The van der Waals surface area contributed by atoms with Crippen LogP contribution in [0.5, 0.6) is 0 Å². The zero-order valence-corrected chi connectivity index (χ0v) is 9.10. The molecule has 16 heavy (non-hydrogen) atoms. The van der Waals surface area contributed by atoms with Gasteiger partial charge in [-0.2, -0.15) is 0 Å². The predicted octanol–water partition coefficient (Wildman–Crippen LogP) is 2.85. The number of nitrogens with one attached hydrogen (secondary N) is 1. The Morgan fingerprint density at radius 1 is 1.06 bits per heavy atom. The van der Waals surface area contributed by atoms with Crippen molar-refractivity contribution in [2.24, 2.45) is 0 Å². The number of aromatic amines is 1. The van der Waals surface area contributed by atoms with Gasteiger partial charge in [-0.05, 0) is 30.7 Å². The van der Waals surface area contributed by atoms with Crippen LogP contribution in [0.3, 0.4) is 0 Å². The molecule has 0 saturated carbocycles. The third kappa shape index (κ3) is 2.48. The molecule has 2 heteroatoms. The van der Waals surface area contributed by atoms with Crippen LogP contribution in [-0.2, 0) is 0 Å². The van der Waals surface area contributed by atoms with E-state index in [2.05, 4.69) is 24.0 Å². The number of aromatic nitrogens is 1. The van der Waals surface area contributed by atoms with E-state index < -0.39 is 0 Å². The Morgan fingerprint density at radius 3 is 2.50 bits per heavy atom. The number of pyridine rings is 1. The van der Waals surface area contributed by atoms with E-state index in [0.29, 0.717) is 5.56 Å². The molecule has 0 atom stereocenters. The molecule has 2 rings (SSSR count). The fraction of sp³-hybridized carbons (Fsp3) is 0.0714. The molecule has 0 unspecified atom stereocenters. The average molecular weight is 211 g/mol. The van der Waals surface area contributed by atoms with Crippen molar-refractivity contribution in [1.29, 1.82) is 0 Å². The summed E-state index contributed by atoms with van der Waals surface area (Å²) in [6.07, 6.45) is 5.39. The standard InChI is InChI=1S/C14H13NO/c1-11-4-6-12(7-5-11)8-9-13-3-2-10-15-14(13)16/h2-10H,1H3,(H,15,16)/b9-8+. The average Bonchev–Trinajstić information content (AvgIpc) is 2.30. The predicted molar refractivity (Wildman–Crippen MR) is 67.2 cm³/mol. The zero-order chi connectivity index (χ0) is 11.4. The molecule has 1 heterocycles. The van der Waals surface area contributed by atoms with E-state index in [9.17, 15) is 4.79 Å². The third-order valence-corrected chi connectivity index (χ3v) is 2.38. The third-order valence-electron chi connectivity index (χ3n) is 2.38. The summed E-state index contributed by atoms with van der Waals surface area (Å²) in [5.41, 5.74) is 2.93. The van der Waals surface area contributed by atoms with E-state index in [1.54, 1.807) is 12.3 Å². The van der Waals surface area contributed by atoms with Crippen molar-refractivity contribution in [3.63, 3.8) is 0 Å². The second-order valence-electron chi connectivity index (χ2n) is 3.70. The van der Waals surface area contributed by atoms with Crippen molar-refractivity contribution >= 4 is 12.2 Å². The minimum absolute atomic E-state index is 0.0640. The van der Waals surface area contributed by atoms with E-state index in [4.69, 9.17) is 0 Å². The van der Waals surface area contributed by atoms with Crippen molar-refractivity contribution in [1.82, 2.24) is 4.98 Å². The van der Waals surface area contributed by atoms with Crippen LogP contribution < -0.4 is 5.56 Å². The number of rotatable bonds is 2. The summed E-state index contributed by atoms with van der Waals surface area (Å²) < 4.78 is 0. The molecule has 0 bridgehead atoms. The Labute approximate surface area is 94.3 Å². The molecule has 1 aromatic heterocycles.